The van der Waals surface area contributed by atoms with Crippen LogP contribution in [0.4, 0.5) is 0 Å². The van der Waals surface area contributed by atoms with Crippen LogP contribution in [0.15, 0.2) is 11.7 Å². The summed E-state index contributed by atoms with van der Waals surface area (Å²) in [6, 6.07) is 0.665. The zero-order chi connectivity index (χ0) is 12.8. The van der Waals surface area contributed by atoms with Gasteiger partial charge < -0.3 is 5.32 Å². The molecule has 1 aliphatic carbocycles. The molecule has 1 aromatic rings. The van der Waals surface area contributed by atoms with Gasteiger partial charge in [0.15, 0.2) is 0 Å². The zero-order valence-corrected chi connectivity index (χ0v) is 12.5. The number of nitrogens with one attached hydrogen (secondary N) is 1. The first-order valence-corrected chi connectivity index (χ1v) is 8.28. The fourth-order valence-electron chi connectivity index (χ4n) is 2.98. The number of nitrogens with zero attached hydrogens (tertiary/aromatic N) is 1. The van der Waals surface area contributed by atoms with E-state index in [2.05, 4.69) is 24.1 Å². The van der Waals surface area contributed by atoms with Gasteiger partial charge in [0.25, 0.3) is 0 Å². The van der Waals surface area contributed by atoms with Gasteiger partial charge in [0.1, 0.15) is 0 Å². The van der Waals surface area contributed by atoms with Crippen LogP contribution in [-0.2, 0) is 6.42 Å². The molecule has 1 aromatic heterocycles. The maximum Gasteiger partial charge on any atom is 0.0794 e. The van der Waals surface area contributed by atoms with Gasteiger partial charge in [-0.05, 0) is 44.1 Å². The van der Waals surface area contributed by atoms with E-state index in [1.807, 2.05) is 11.7 Å². The molecule has 0 amide bonds. The van der Waals surface area contributed by atoms with Crippen LogP contribution >= 0.6 is 11.3 Å². The Balaban J connectivity index is 1.91. The van der Waals surface area contributed by atoms with Gasteiger partial charge in [0.2, 0.25) is 0 Å². The number of rotatable bonds is 6. The summed E-state index contributed by atoms with van der Waals surface area (Å²) < 4.78 is 0. The number of hydrogen-bond acceptors (Lipinski definition) is 3. The molecule has 1 atom stereocenters. The van der Waals surface area contributed by atoms with Crippen LogP contribution in [0.25, 0.3) is 0 Å². The van der Waals surface area contributed by atoms with Crippen molar-refractivity contribution >= 4 is 11.3 Å². The number of thiazole rings is 1. The lowest BCUT2D eigenvalue weighted by Crippen LogP contribution is -2.40. The molecule has 1 N–H and O–H groups in total. The van der Waals surface area contributed by atoms with E-state index < -0.39 is 0 Å². The molecule has 0 aromatic carbocycles. The van der Waals surface area contributed by atoms with E-state index in [0.717, 1.165) is 18.4 Å². The van der Waals surface area contributed by atoms with E-state index in [9.17, 15) is 0 Å². The zero-order valence-electron chi connectivity index (χ0n) is 11.7. The highest BCUT2D eigenvalue weighted by Gasteiger charge is 2.26. The smallest absolute Gasteiger partial charge is 0.0794 e. The van der Waals surface area contributed by atoms with Crippen LogP contribution in [0.3, 0.4) is 0 Å². The standard InChI is InChI=1S/C15H26N2S/c1-3-8-17-15(9-14-10-16-11-18-14)13-6-4-12(2)5-7-13/h10-13,15,17H,3-9H2,1-2H3. The second kappa shape index (κ2) is 7.25. The monoisotopic (exact) mass is 266 g/mol. The summed E-state index contributed by atoms with van der Waals surface area (Å²) in [6.45, 7) is 5.79. The average Bonchev–Trinajstić information content (AvgIpc) is 2.88. The first kappa shape index (κ1) is 14.0. The summed E-state index contributed by atoms with van der Waals surface area (Å²) >= 11 is 1.80. The molecule has 1 fully saturated rings. The van der Waals surface area contributed by atoms with Crippen molar-refractivity contribution in [2.45, 2.75) is 58.4 Å². The van der Waals surface area contributed by atoms with Crippen molar-refractivity contribution in [3.8, 4) is 0 Å². The maximum atomic E-state index is 4.20. The summed E-state index contributed by atoms with van der Waals surface area (Å²) in [4.78, 5) is 5.64. The van der Waals surface area contributed by atoms with Crippen molar-refractivity contribution in [2.24, 2.45) is 11.8 Å². The molecule has 102 valence electrons. The van der Waals surface area contributed by atoms with E-state index in [1.54, 1.807) is 11.3 Å². The van der Waals surface area contributed by atoms with Gasteiger partial charge in [0, 0.05) is 17.1 Å². The molecule has 1 aliphatic rings. The first-order valence-electron chi connectivity index (χ1n) is 7.40. The number of aromatic nitrogens is 1. The van der Waals surface area contributed by atoms with Crippen molar-refractivity contribution in [3.05, 3.63) is 16.6 Å². The fraction of sp³-hybridized carbons (Fsp3) is 0.800. The van der Waals surface area contributed by atoms with Crippen LogP contribution in [-0.4, -0.2) is 17.6 Å². The van der Waals surface area contributed by atoms with Crippen LogP contribution in [0.2, 0.25) is 0 Å². The predicted octanol–water partition coefficient (Wildman–Crippen LogP) is 3.88. The van der Waals surface area contributed by atoms with Gasteiger partial charge in [-0.25, -0.2) is 0 Å². The largest absolute Gasteiger partial charge is 0.313 e. The van der Waals surface area contributed by atoms with E-state index in [4.69, 9.17) is 0 Å². The summed E-state index contributed by atoms with van der Waals surface area (Å²) in [6.07, 6.45) is 10.1. The minimum absolute atomic E-state index is 0.665. The van der Waals surface area contributed by atoms with Crippen molar-refractivity contribution < 1.29 is 0 Å². The highest BCUT2D eigenvalue weighted by Crippen LogP contribution is 2.31. The molecule has 3 heteroatoms. The molecule has 2 nitrogen and oxygen atoms in total. The SMILES string of the molecule is CCCNC(Cc1cncs1)C1CCC(C)CC1. The Kier molecular flexibility index (Phi) is 5.64. The summed E-state index contributed by atoms with van der Waals surface area (Å²) in [5.41, 5.74) is 1.95. The molecular weight excluding hydrogens is 240 g/mol. The molecule has 0 bridgehead atoms. The van der Waals surface area contributed by atoms with Gasteiger partial charge in [-0.3, -0.25) is 4.98 Å². The molecule has 0 spiro atoms. The highest BCUT2D eigenvalue weighted by atomic mass is 32.1. The van der Waals surface area contributed by atoms with Gasteiger partial charge in [0.05, 0.1) is 5.51 Å². The first-order chi connectivity index (χ1) is 8.79. The lowest BCUT2D eigenvalue weighted by Gasteiger charge is -2.33. The van der Waals surface area contributed by atoms with Gasteiger partial charge >= 0.3 is 0 Å². The van der Waals surface area contributed by atoms with Gasteiger partial charge in [-0.2, -0.15) is 0 Å². The van der Waals surface area contributed by atoms with E-state index in [0.29, 0.717) is 6.04 Å². The van der Waals surface area contributed by atoms with Gasteiger partial charge in [-0.15, -0.1) is 11.3 Å². The quantitative estimate of drug-likeness (QED) is 0.845. The third kappa shape index (κ3) is 4.06. The Bertz CT molecular complexity index is 315. The average molecular weight is 266 g/mol. The van der Waals surface area contributed by atoms with E-state index in [-0.39, 0.29) is 0 Å². The molecule has 2 rings (SSSR count). The van der Waals surface area contributed by atoms with E-state index >= 15 is 0 Å². The molecule has 1 unspecified atom stereocenters. The Morgan fingerprint density at radius 3 is 2.78 bits per heavy atom. The third-order valence-corrected chi connectivity index (χ3v) is 4.99. The fourth-order valence-corrected chi connectivity index (χ4v) is 3.64. The minimum Gasteiger partial charge on any atom is -0.313 e. The van der Waals surface area contributed by atoms with Crippen molar-refractivity contribution in [2.75, 3.05) is 6.54 Å². The molecule has 0 aliphatic heterocycles. The summed E-state index contributed by atoms with van der Waals surface area (Å²) in [5.74, 6) is 1.81. The lowest BCUT2D eigenvalue weighted by molar-refractivity contribution is 0.229. The molecule has 0 saturated heterocycles. The maximum absolute atomic E-state index is 4.20. The van der Waals surface area contributed by atoms with Crippen molar-refractivity contribution in [1.29, 1.82) is 0 Å². The topological polar surface area (TPSA) is 24.9 Å². The second-order valence-corrected chi connectivity index (χ2v) is 6.72. The van der Waals surface area contributed by atoms with Gasteiger partial charge in [-0.1, -0.05) is 26.7 Å². The molecule has 1 heterocycles. The Morgan fingerprint density at radius 1 is 1.39 bits per heavy atom. The predicted molar refractivity (Wildman–Crippen MR) is 79.0 cm³/mol. The normalized spacial score (nSPS) is 26.1. The van der Waals surface area contributed by atoms with E-state index in [1.165, 1.54) is 43.4 Å². The van der Waals surface area contributed by atoms with Crippen LogP contribution in [0.1, 0.15) is 50.8 Å². The molecule has 0 radical (unpaired) electrons. The Labute approximate surface area is 115 Å². The summed E-state index contributed by atoms with van der Waals surface area (Å²) in [7, 11) is 0. The van der Waals surface area contributed by atoms with Crippen LogP contribution in [0.5, 0.6) is 0 Å². The van der Waals surface area contributed by atoms with Crippen molar-refractivity contribution in [1.82, 2.24) is 10.3 Å². The number of hydrogen-bond donors (Lipinski definition) is 1. The highest BCUT2D eigenvalue weighted by molar-refractivity contribution is 7.09. The molecule has 1 saturated carbocycles. The third-order valence-electron chi connectivity index (χ3n) is 4.19. The minimum atomic E-state index is 0.665. The molecular formula is C15H26N2S. The van der Waals surface area contributed by atoms with Crippen LogP contribution in [0, 0.1) is 11.8 Å². The Hall–Kier alpha value is -0.410. The molecule has 18 heavy (non-hydrogen) atoms. The van der Waals surface area contributed by atoms with Crippen LogP contribution < -0.4 is 5.32 Å². The van der Waals surface area contributed by atoms with Crippen molar-refractivity contribution in [3.63, 3.8) is 0 Å². The Morgan fingerprint density at radius 2 is 2.17 bits per heavy atom. The lowest BCUT2D eigenvalue weighted by atomic mass is 9.78. The second-order valence-electron chi connectivity index (χ2n) is 5.75. The summed E-state index contributed by atoms with van der Waals surface area (Å²) in [5, 5.41) is 3.77.